The maximum atomic E-state index is 13.0. The minimum absolute atomic E-state index is 0.0246. The standard InChI is InChI=1S/C28H33N5O4S/c1-20-6-4-7-22(18-20)19-25-21(2)29-28(30(3)27(25)35)38-17-5-8-26(34)32-15-13-31(14-16-32)23-9-11-24(12-10-23)33(36)37/h4,6-7,9-12,18H,5,8,13-17,19H2,1-3H3. The van der Waals surface area contributed by atoms with E-state index < -0.39 is 4.92 Å². The van der Waals surface area contributed by atoms with E-state index in [2.05, 4.69) is 11.0 Å². The van der Waals surface area contributed by atoms with Crippen LogP contribution >= 0.6 is 11.8 Å². The van der Waals surface area contributed by atoms with Crippen molar-refractivity contribution in [1.82, 2.24) is 14.5 Å². The Kier molecular flexibility index (Phi) is 8.83. The van der Waals surface area contributed by atoms with Crippen LogP contribution in [0.3, 0.4) is 0 Å². The average Bonchev–Trinajstić information content (AvgIpc) is 2.91. The predicted molar refractivity (Wildman–Crippen MR) is 150 cm³/mol. The van der Waals surface area contributed by atoms with Crippen LogP contribution in [0, 0.1) is 24.0 Å². The lowest BCUT2D eigenvalue weighted by atomic mass is 10.0. The molecule has 3 aromatic rings. The van der Waals surface area contributed by atoms with Crippen molar-refractivity contribution < 1.29 is 9.72 Å². The molecule has 1 fully saturated rings. The second-order valence-electron chi connectivity index (χ2n) is 9.58. The van der Waals surface area contributed by atoms with Gasteiger partial charge in [0.15, 0.2) is 5.16 Å². The minimum atomic E-state index is -0.405. The van der Waals surface area contributed by atoms with Crippen LogP contribution < -0.4 is 10.5 Å². The summed E-state index contributed by atoms with van der Waals surface area (Å²) in [5, 5.41) is 11.5. The van der Waals surface area contributed by atoms with E-state index >= 15 is 0 Å². The molecule has 0 N–H and O–H groups in total. The third-order valence-corrected chi connectivity index (χ3v) is 7.95. The van der Waals surface area contributed by atoms with Gasteiger partial charge in [-0.25, -0.2) is 4.98 Å². The van der Waals surface area contributed by atoms with Gasteiger partial charge < -0.3 is 9.80 Å². The van der Waals surface area contributed by atoms with E-state index in [1.807, 2.05) is 36.9 Å². The summed E-state index contributed by atoms with van der Waals surface area (Å²) in [6.07, 6.45) is 1.71. The van der Waals surface area contributed by atoms with Gasteiger partial charge in [0.2, 0.25) is 5.91 Å². The smallest absolute Gasteiger partial charge is 0.269 e. The lowest BCUT2D eigenvalue weighted by Gasteiger charge is -2.36. The summed E-state index contributed by atoms with van der Waals surface area (Å²) in [6, 6.07) is 14.7. The first-order valence-electron chi connectivity index (χ1n) is 12.7. The van der Waals surface area contributed by atoms with Crippen molar-refractivity contribution in [2.75, 3.05) is 36.8 Å². The van der Waals surface area contributed by atoms with E-state index in [9.17, 15) is 19.7 Å². The molecule has 0 atom stereocenters. The van der Waals surface area contributed by atoms with Gasteiger partial charge in [-0.1, -0.05) is 41.6 Å². The number of anilines is 1. The topological polar surface area (TPSA) is 102 Å². The summed E-state index contributed by atoms with van der Waals surface area (Å²) in [5.41, 5.74) is 4.70. The molecule has 0 aliphatic carbocycles. The largest absolute Gasteiger partial charge is 0.368 e. The van der Waals surface area contributed by atoms with Gasteiger partial charge in [0.25, 0.3) is 11.2 Å². The number of nitro groups is 1. The number of nitro benzene ring substituents is 1. The van der Waals surface area contributed by atoms with E-state index in [1.165, 1.54) is 23.9 Å². The van der Waals surface area contributed by atoms with Crippen LogP contribution in [0.1, 0.15) is 35.2 Å². The molecule has 1 saturated heterocycles. The number of aromatic nitrogens is 2. The number of hydrogen-bond acceptors (Lipinski definition) is 7. The fourth-order valence-electron chi connectivity index (χ4n) is 4.63. The Bertz CT molecular complexity index is 1360. The fourth-order valence-corrected chi connectivity index (χ4v) is 5.58. The zero-order valence-corrected chi connectivity index (χ0v) is 22.9. The molecule has 10 heteroatoms. The number of carbonyl (C=O) groups is 1. The number of piperazine rings is 1. The maximum absolute atomic E-state index is 13.0. The van der Waals surface area contributed by atoms with E-state index in [-0.39, 0.29) is 17.2 Å². The van der Waals surface area contributed by atoms with Crippen molar-refractivity contribution >= 4 is 29.0 Å². The van der Waals surface area contributed by atoms with Gasteiger partial charge in [-0.05, 0) is 38.0 Å². The second kappa shape index (κ2) is 12.3. The molecule has 200 valence electrons. The molecule has 4 rings (SSSR count). The van der Waals surface area contributed by atoms with Crippen LogP contribution in [0.25, 0.3) is 0 Å². The normalized spacial score (nSPS) is 13.6. The first-order valence-corrected chi connectivity index (χ1v) is 13.7. The second-order valence-corrected chi connectivity index (χ2v) is 10.6. The molecular formula is C28H33N5O4S. The summed E-state index contributed by atoms with van der Waals surface area (Å²) in [6.45, 7) is 6.56. The molecule has 0 bridgehead atoms. The van der Waals surface area contributed by atoms with E-state index in [0.29, 0.717) is 61.9 Å². The van der Waals surface area contributed by atoms with Crippen LogP contribution in [-0.4, -0.2) is 57.2 Å². The number of aryl methyl sites for hydroxylation is 2. The number of non-ortho nitro benzene ring substituents is 1. The quantitative estimate of drug-likeness (QED) is 0.134. The van der Waals surface area contributed by atoms with Crippen molar-refractivity contribution in [3.8, 4) is 0 Å². The van der Waals surface area contributed by atoms with Crippen molar-refractivity contribution in [1.29, 1.82) is 0 Å². The van der Waals surface area contributed by atoms with Crippen LogP contribution in [0.2, 0.25) is 0 Å². The Morgan fingerprint density at radius 1 is 1.08 bits per heavy atom. The summed E-state index contributed by atoms with van der Waals surface area (Å²) in [7, 11) is 1.76. The highest BCUT2D eigenvalue weighted by Gasteiger charge is 2.21. The van der Waals surface area contributed by atoms with Crippen molar-refractivity contribution in [2.24, 2.45) is 7.05 Å². The molecule has 0 saturated carbocycles. The third kappa shape index (κ3) is 6.61. The molecule has 2 aromatic carbocycles. The lowest BCUT2D eigenvalue weighted by molar-refractivity contribution is -0.384. The highest BCUT2D eigenvalue weighted by atomic mass is 32.2. The lowest BCUT2D eigenvalue weighted by Crippen LogP contribution is -2.48. The van der Waals surface area contributed by atoms with Gasteiger partial charge in [-0.15, -0.1) is 0 Å². The molecule has 1 amide bonds. The number of thioether (sulfide) groups is 1. The molecular weight excluding hydrogens is 502 g/mol. The molecule has 1 aromatic heterocycles. The Balaban J connectivity index is 1.24. The van der Waals surface area contributed by atoms with Crippen molar-refractivity contribution in [3.05, 3.63) is 91.4 Å². The summed E-state index contributed by atoms with van der Waals surface area (Å²) >= 11 is 1.51. The van der Waals surface area contributed by atoms with Crippen LogP contribution in [0.4, 0.5) is 11.4 Å². The van der Waals surface area contributed by atoms with Gasteiger partial charge in [0.05, 0.1) is 4.92 Å². The monoisotopic (exact) mass is 535 g/mol. The van der Waals surface area contributed by atoms with Gasteiger partial charge in [0.1, 0.15) is 0 Å². The zero-order chi connectivity index (χ0) is 27.2. The molecule has 2 heterocycles. The first-order chi connectivity index (χ1) is 18.2. The van der Waals surface area contributed by atoms with Gasteiger partial charge in [-0.2, -0.15) is 0 Å². The Hall–Kier alpha value is -3.66. The molecule has 1 aliphatic heterocycles. The third-order valence-electron chi connectivity index (χ3n) is 6.84. The molecule has 0 spiro atoms. The van der Waals surface area contributed by atoms with Crippen molar-refractivity contribution in [2.45, 2.75) is 38.3 Å². The number of amides is 1. The SMILES string of the molecule is Cc1cccc(Cc2c(C)nc(SCCCC(=O)N3CCN(c4ccc([N+](=O)[O-])cc4)CC3)n(C)c2=O)c1. The number of carbonyl (C=O) groups excluding carboxylic acids is 1. The Labute approximate surface area is 226 Å². The van der Waals surface area contributed by atoms with Crippen LogP contribution in [-0.2, 0) is 18.3 Å². The highest BCUT2D eigenvalue weighted by Crippen LogP contribution is 2.22. The van der Waals surface area contributed by atoms with Gasteiger partial charge in [0, 0.05) is 80.9 Å². The minimum Gasteiger partial charge on any atom is -0.368 e. The van der Waals surface area contributed by atoms with E-state index in [0.717, 1.165) is 22.5 Å². The van der Waals surface area contributed by atoms with Gasteiger partial charge >= 0.3 is 0 Å². The number of rotatable bonds is 9. The zero-order valence-electron chi connectivity index (χ0n) is 22.1. The summed E-state index contributed by atoms with van der Waals surface area (Å²) < 4.78 is 1.61. The maximum Gasteiger partial charge on any atom is 0.269 e. The fraction of sp³-hybridized carbons (Fsp3) is 0.393. The Morgan fingerprint density at radius 3 is 2.45 bits per heavy atom. The average molecular weight is 536 g/mol. The predicted octanol–water partition coefficient (Wildman–Crippen LogP) is 4.12. The molecule has 0 unspecified atom stereocenters. The van der Waals surface area contributed by atoms with Crippen LogP contribution in [0.5, 0.6) is 0 Å². The van der Waals surface area contributed by atoms with Crippen LogP contribution in [0.15, 0.2) is 58.5 Å². The summed E-state index contributed by atoms with van der Waals surface area (Å²) in [4.78, 5) is 44.9. The molecule has 1 aliphatic rings. The molecule has 9 nitrogen and oxygen atoms in total. The summed E-state index contributed by atoms with van der Waals surface area (Å²) in [5.74, 6) is 0.825. The molecule has 38 heavy (non-hydrogen) atoms. The van der Waals surface area contributed by atoms with Gasteiger partial charge in [-0.3, -0.25) is 24.3 Å². The highest BCUT2D eigenvalue weighted by molar-refractivity contribution is 7.99. The van der Waals surface area contributed by atoms with E-state index in [4.69, 9.17) is 4.98 Å². The number of benzene rings is 2. The molecule has 0 radical (unpaired) electrons. The first kappa shape index (κ1) is 27.4. The van der Waals surface area contributed by atoms with E-state index in [1.54, 1.807) is 23.7 Å². The van der Waals surface area contributed by atoms with Crippen molar-refractivity contribution in [3.63, 3.8) is 0 Å². The number of hydrogen-bond donors (Lipinski definition) is 0. The Morgan fingerprint density at radius 2 is 1.79 bits per heavy atom. The number of nitrogens with zero attached hydrogens (tertiary/aromatic N) is 5.